The maximum atomic E-state index is 9.44. The molecule has 5 heteroatoms. The second-order valence-electron chi connectivity index (χ2n) is 7.29. The fourth-order valence-electron chi connectivity index (χ4n) is 2.90. The normalized spacial score (nSPS) is 23.2. The van der Waals surface area contributed by atoms with Gasteiger partial charge in [0.2, 0.25) is 0 Å². The van der Waals surface area contributed by atoms with Gasteiger partial charge in [0.1, 0.15) is 0 Å². The van der Waals surface area contributed by atoms with Crippen molar-refractivity contribution in [1.29, 1.82) is 5.26 Å². The summed E-state index contributed by atoms with van der Waals surface area (Å²) in [5.41, 5.74) is 1.62. The minimum Gasteiger partial charge on any atom is -0.399 e. The number of rotatable bonds is 2. The van der Waals surface area contributed by atoms with E-state index in [0.29, 0.717) is 16.5 Å². The van der Waals surface area contributed by atoms with Crippen LogP contribution in [0.1, 0.15) is 64.0 Å². The summed E-state index contributed by atoms with van der Waals surface area (Å²) in [6.45, 7) is 8.06. The van der Waals surface area contributed by atoms with Gasteiger partial charge in [-0.2, -0.15) is 5.26 Å². The van der Waals surface area contributed by atoms with Crippen LogP contribution in [0.2, 0.25) is 5.02 Å². The van der Waals surface area contributed by atoms with Crippen molar-refractivity contribution in [2.45, 2.75) is 64.1 Å². The average molecular weight is 318 g/mol. The average Bonchev–Trinajstić information content (AvgIpc) is 2.58. The zero-order chi connectivity index (χ0) is 16.1. The quantitative estimate of drug-likeness (QED) is 0.780. The first-order chi connectivity index (χ1) is 10.2. The van der Waals surface area contributed by atoms with Crippen molar-refractivity contribution >= 4 is 24.2 Å². The molecule has 1 aliphatic heterocycles. The lowest BCUT2D eigenvalue weighted by molar-refractivity contribution is 0.00578. The molecule has 2 aliphatic rings. The highest BCUT2D eigenvalue weighted by molar-refractivity contribution is 6.63. The van der Waals surface area contributed by atoms with Gasteiger partial charge in [-0.15, -0.1) is 0 Å². The topological polar surface area (TPSA) is 42.2 Å². The molecular formula is C17H21BClNO2. The molecule has 0 amide bonds. The molecule has 0 atom stereocenters. The van der Waals surface area contributed by atoms with E-state index in [9.17, 15) is 5.26 Å². The van der Waals surface area contributed by atoms with Crippen molar-refractivity contribution in [3.05, 3.63) is 28.3 Å². The highest BCUT2D eigenvalue weighted by Gasteiger charge is 2.52. The molecule has 1 saturated heterocycles. The van der Waals surface area contributed by atoms with E-state index in [-0.39, 0.29) is 0 Å². The lowest BCUT2D eigenvalue weighted by Crippen LogP contribution is -2.41. The van der Waals surface area contributed by atoms with Crippen molar-refractivity contribution in [3.8, 4) is 6.07 Å². The molecule has 3 rings (SSSR count). The highest BCUT2D eigenvalue weighted by atomic mass is 35.5. The Morgan fingerprint density at radius 2 is 1.77 bits per heavy atom. The van der Waals surface area contributed by atoms with Gasteiger partial charge in [0.25, 0.3) is 0 Å². The Hall–Kier alpha value is -1.02. The van der Waals surface area contributed by atoms with Crippen LogP contribution < -0.4 is 5.46 Å². The summed E-state index contributed by atoms with van der Waals surface area (Å²) in [6.07, 6.45) is 3.57. The molecule has 2 fully saturated rings. The van der Waals surface area contributed by atoms with E-state index < -0.39 is 18.3 Å². The van der Waals surface area contributed by atoms with Crippen LogP contribution in [0.25, 0.3) is 0 Å². The summed E-state index contributed by atoms with van der Waals surface area (Å²) in [6, 6.07) is 6.01. The highest BCUT2D eigenvalue weighted by Crippen LogP contribution is 2.41. The predicted octanol–water partition coefficient (Wildman–Crippen LogP) is 3.78. The first kappa shape index (κ1) is 15.9. The molecule has 0 spiro atoms. The van der Waals surface area contributed by atoms with Crippen LogP contribution in [-0.4, -0.2) is 18.3 Å². The number of benzene rings is 1. The van der Waals surface area contributed by atoms with Crippen LogP contribution in [0.5, 0.6) is 0 Å². The van der Waals surface area contributed by atoms with Crippen LogP contribution in [-0.2, 0) is 9.31 Å². The van der Waals surface area contributed by atoms with E-state index >= 15 is 0 Å². The summed E-state index contributed by atoms with van der Waals surface area (Å²) < 4.78 is 12.2. The van der Waals surface area contributed by atoms with Crippen LogP contribution in [0.15, 0.2) is 12.1 Å². The summed E-state index contributed by atoms with van der Waals surface area (Å²) in [7, 11) is -0.518. The molecule has 1 aromatic rings. The number of hydrogen-bond acceptors (Lipinski definition) is 3. The first-order valence-corrected chi connectivity index (χ1v) is 8.22. The monoisotopic (exact) mass is 317 g/mol. The Morgan fingerprint density at radius 1 is 1.18 bits per heavy atom. The third-order valence-corrected chi connectivity index (χ3v) is 5.67. The van der Waals surface area contributed by atoms with Gasteiger partial charge in [0.15, 0.2) is 0 Å². The molecule has 0 radical (unpaired) electrons. The van der Waals surface area contributed by atoms with Crippen molar-refractivity contribution in [2.75, 3.05) is 0 Å². The van der Waals surface area contributed by atoms with Gasteiger partial charge < -0.3 is 9.31 Å². The first-order valence-electron chi connectivity index (χ1n) is 7.84. The maximum absolute atomic E-state index is 9.44. The van der Waals surface area contributed by atoms with E-state index in [0.717, 1.165) is 23.9 Å². The van der Waals surface area contributed by atoms with E-state index in [4.69, 9.17) is 20.9 Å². The number of nitrogens with zero attached hydrogens (tertiary/aromatic N) is 1. The Kier molecular flexibility index (Phi) is 3.80. The molecular weight excluding hydrogens is 296 g/mol. The van der Waals surface area contributed by atoms with Gasteiger partial charge in [-0.05, 0) is 58.1 Å². The molecule has 0 bridgehead atoms. The van der Waals surface area contributed by atoms with Gasteiger partial charge in [-0.1, -0.05) is 24.1 Å². The fourth-order valence-corrected chi connectivity index (χ4v) is 3.22. The molecule has 1 heterocycles. The summed E-state index contributed by atoms with van der Waals surface area (Å²) in [5.74, 6) is 0.501. The van der Waals surface area contributed by atoms with Crippen LogP contribution in [0.4, 0.5) is 0 Å². The van der Waals surface area contributed by atoms with Crippen molar-refractivity contribution in [1.82, 2.24) is 0 Å². The third kappa shape index (κ3) is 2.46. The standard InChI is InChI=1S/C17H21BClNO2/c1-16(2)17(3,4)22-18(21-16)14-9-13(11-6-5-7-11)15(19)8-12(14)10-20/h8-9,11H,5-7H2,1-4H3. The number of nitriles is 1. The second kappa shape index (κ2) is 5.27. The third-order valence-electron chi connectivity index (χ3n) is 5.34. The largest absolute Gasteiger partial charge is 0.496 e. The molecule has 1 aromatic carbocycles. The maximum Gasteiger partial charge on any atom is 0.496 e. The lowest BCUT2D eigenvalue weighted by Gasteiger charge is -2.32. The van der Waals surface area contributed by atoms with Gasteiger partial charge in [-0.25, -0.2) is 0 Å². The Labute approximate surface area is 137 Å². The molecule has 3 nitrogen and oxygen atoms in total. The van der Waals surface area contributed by atoms with Crippen LogP contribution >= 0.6 is 11.6 Å². The van der Waals surface area contributed by atoms with Gasteiger partial charge in [-0.3, -0.25) is 0 Å². The molecule has 22 heavy (non-hydrogen) atoms. The van der Waals surface area contributed by atoms with E-state index in [1.165, 1.54) is 6.42 Å². The second-order valence-corrected chi connectivity index (χ2v) is 7.70. The molecule has 1 saturated carbocycles. The number of hydrogen-bond donors (Lipinski definition) is 0. The molecule has 0 unspecified atom stereocenters. The summed E-state index contributed by atoms with van der Waals surface area (Å²) in [4.78, 5) is 0. The van der Waals surface area contributed by atoms with Gasteiger partial charge in [0, 0.05) is 10.5 Å². The summed E-state index contributed by atoms with van der Waals surface area (Å²) in [5, 5.41) is 10.1. The summed E-state index contributed by atoms with van der Waals surface area (Å²) >= 11 is 6.37. The molecule has 1 aliphatic carbocycles. The predicted molar refractivity (Wildman–Crippen MR) is 88.5 cm³/mol. The van der Waals surface area contributed by atoms with Crippen LogP contribution in [0, 0.1) is 11.3 Å². The van der Waals surface area contributed by atoms with E-state index in [1.807, 2.05) is 33.8 Å². The van der Waals surface area contributed by atoms with Crippen LogP contribution in [0.3, 0.4) is 0 Å². The van der Waals surface area contributed by atoms with Crippen molar-refractivity contribution in [2.24, 2.45) is 0 Å². The number of halogens is 1. The lowest BCUT2D eigenvalue weighted by atomic mass is 9.72. The Morgan fingerprint density at radius 3 is 2.23 bits per heavy atom. The molecule has 116 valence electrons. The zero-order valence-electron chi connectivity index (χ0n) is 13.6. The van der Waals surface area contributed by atoms with E-state index in [2.05, 4.69) is 6.07 Å². The zero-order valence-corrected chi connectivity index (χ0v) is 14.3. The smallest absolute Gasteiger partial charge is 0.399 e. The Balaban J connectivity index is 2.01. The van der Waals surface area contributed by atoms with Gasteiger partial charge >= 0.3 is 7.12 Å². The Bertz CT molecular complexity index is 631. The van der Waals surface area contributed by atoms with Crippen molar-refractivity contribution < 1.29 is 9.31 Å². The minimum absolute atomic E-state index is 0.416. The molecule has 0 N–H and O–H groups in total. The van der Waals surface area contributed by atoms with Gasteiger partial charge in [0.05, 0.1) is 22.8 Å². The van der Waals surface area contributed by atoms with Crippen molar-refractivity contribution in [3.63, 3.8) is 0 Å². The SMILES string of the molecule is CC1(C)OB(c2cc(C3CCC3)c(Cl)cc2C#N)OC1(C)C. The van der Waals surface area contributed by atoms with E-state index in [1.54, 1.807) is 6.07 Å². The fraction of sp³-hybridized carbons (Fsp3) is 0.588. The minimum atomic E-state index is -0.518. The molecule has 0 aromatic heterocycles.